The lowest BCUT2D eigenvalue weighted by molar-refractivity contribution is 0.0727. The van der Waals surface area contributed by atoms with Gasteiger partial charge in [-0.3, -0.25) is 9.48 Å². The minimum Gasteiger partial charge on any atom is -0.334 e. The van der Waals surface area contributed by atoms with Crippen LogP contribution in [0, 0.1) is 3.57 Å². The highest BCUT2D eigenvalue weighted by atomic mass is 127. The summed E-state index contributed by atoms with van der Waals surface area (Å²) in [5.74, 6) is 0.133. The predicted octanol–water partition coefficient (Wildman–Crippen LogP) is 2.71. The summed E-state index contributed by atoms with van der Waals surface area (Å²) in [7, 11) is 0. The molecule has 5 heteroatoms. The molecule has 0 N–H and O–H groups in total. The van der Waals surface area contributed by atoms with E-state index in [1.807, 2.05) is 28.0 Å². The molecule has 104 valence electrons. The molecule has 0 saturated heterocycles. The van der Waals surface area contributed by atoms with Gasteiger partial charge in [0.2, 0.25) is 0 Å². The number of carbonyl (C=O) groups is 1. The summed E-state index contributed by atoms with van der Waals surface area (Å²) in [5.41, 5.74) is 3.11. The van der Waals surface area contributed by atoms with Crippen molar-refractivity contribution in [1.82, 2.24) is 14.7 Å². The predicted molar refractivity (Wildman–Crippen MR) is 85.5 cm³/mol. The van der Waals surface area contributed by atoms with E-state index in [1.165, 1.54) is 0 Å². The Hall–Kier alpha value is -1.37. The topological polar surface area (TPSA) is 38.1 Å². The fraction of sp³-hybridized carbons (Fsp3) is 0.333. The molecule has 0 unspecified atom stereocenters. The molecular weight excluding hydrogens is 365 g/mol. The third-order valence-electron chi connectivity index (χ3n) is 3.62. The third kappa shape index (κ3) is 2.59. The standard InChI is InChI=1S/C15H16IN3O/c1-2-19-10-11(8-17-19)9-18-6-5-12-3-4-13(16)7-14(12)15(18)20/h3-4,7-8,10H,2,5-6,9H2,1H3. The molecular formula is C15H16IN3O. The molecule has 0 atom stereocenters. The Bertz CT molecular complexity index is 650. The van der Waals surface area contributed by atoms with Crippen molar-refractivity contribution in [3.8, 4) is 0 Å². The van der Waals surface area contributed by atoms with Gasteiger partial charge in [0.1, 0.15) is 0 Å². The van der Waals surface area contributed by atoms with Crippen LogP contribution in [0.1, 0.15) is 28.4 Å². The van der Waals surface area contributed by atoms with Gasteiger partial charge in [-0.25, -0.2) is 0 Å². The first-order chi connectivity index (χ1) is 9.67. The largest absolute Gasteiger partial charge is 0.334 e. The van der Waals surface area contributed by atoms with Crippen molar-refractivity contribution in [2.45, 2.75) is 26.4 Å². The number of rotatable bonds is 3. The first-order valence-corrected chi connectivity index (χ1v) is 7.84. The highest BCUT2D eigenvalue weighted by Gasteiger charge is 2.24. The number of carbonyl (C=O) groups excluding carboxylic acids is 1. The van der Waals surface area contributed by atoms with Crippen molar-refractivity contribution >= 4 is 28.5 Å². The van der Waals surface area contributed by atoms with Crippen molar-refractivity contribution < 1.29 is 4.79 Å². The van der Waals surface area contributed by atoms with Gasteiger partial charge in [0.15, 0.2) is 0 Å². The first-order valence-electron chi connectivity index (χ1n) is 6.76. The lowest BCUT2D eigenvalue weighted by atomic mass is 9.99. The number of hydrogen-bond donors (Lipinski definition) is 0. The molecule has 4 nitrogen and oxygen atoms in total. The van der Waals surface area contributed by atoms with Gasteiger partial charge in [0.25, 0.3) is 5.91 Å². The van der Waals surface area contributed by atoms with Crippen LogP contribution in [0.2, 0.25) is 0 Å². The molecule has 1 aliphatic rings. The number of aryl methyl sites for hydroxylation is 1. The van der Waals surface area contributed by atoms with E-state index in [4.69, 9.17) is 0 Å². The first kappa shape index (κ1) is 13.6. The molecule has 1 amide bonds. The van der Waals surface area contributed by atoms with E-state index in [0.29, 0.717) is 6.54 Å². The molecule has 0 spiro atoms. The van der Waals surface area contributed by atoms with Crippen molar-refractivity contribution in [1.29, 1.82) is 0 Å². The van der Waals surface area contributed by atoms with Crippen LogP contribution in [0.15, 0.2) is 30.6 Å². The molecule has 1 aromatic carbocycles. The minimum atomic E-state index is 0.133. The maximum atomic E-state index is 12.5. The second-order valence-corrected chi connectivity index (χ2v) is 6.23. The van der Waals surface area contributed by atoms with Crippen LogP contribution in [0.4, 0.5) is 0 Å². The van der Waals surface area contributed by atoms with E-state index < -0.39 is 0 Å². The molecule has 3 rings (SSSR count). The van der Waals surface area contributed by atoms with E-state index in [9.17, 15) is 4.79 Å². The minimum absolute atomic E-state index is 0.133. The van der Waals surface area contributed by atoms with Crippen LogP contribution in [-0.4, -0.2) is 27.1 Å². The molecule has 2 aromatic rings. The number of benzene rings is 1. The quantitative estimate of drug-likeness (QED) is 0.767. The fourth-order valence-electron chi connectivity index (χ4n) is 2.53. The second-order valence-electron chi connectivity index (χ2n) is 4.98. The van der Waals surface area contributed by atoms with Gasteiger partial charge >= 0.3 is 0 Å². The number of halogens is 1. The summed E-state index contributed by atoms with van der Waals surface area (Å²) < 4.78 is 3.00. The van der Waals surface area contributed by atoms with Gasteiger partial charge in [0.05, 0.1) is 6.20 Å². The van der Waals surface area contributed by atoms with E-state index in [1.54, 1.807) is 0 Å². The average molecular weight is 381 g/mol. The number of amides is 1. The highest BCUT2D eigenvalue weighted by molar-refractivity contribution is 14.1. The maximum absolute atomic E-state index is 12.5. The van der Waals surface area contributed by atoms with Gasteiger partial charge in [-0.15, -0.1) is 0 Å². The van der Waals surface area contributed by atoms with Gasteiger partial charge < -0.3 is 4.90 Å². The van der Waals surface area contributed by atoms with Crippen molar-refractivity contribution in [3.63, 3.8) is 0 Å². The maximum Gasteiger partial charge on any atom is 0.254 e. The number of aromatic nitrogens is 2. The molecule has 0 radical (unpaired) electrons. The normalized spacial score (nSPS) is 14.5. The van der Waals surface area contributed by atoms with E-state index >= 15 is 0 Å². The van der Waals surface area contributed by atoms with Crippen molar-refractivity contribution in [2.24, 2.45) is 0 Å². The zero-order valence-corrected chi connectivity index (χ0v) is 13.5. The summed E-state index contributed by atoms with van der Waals surface area (Å²) in [6.07, 6.45) is 4.79. The molecule has 0 bridgehead atoms. The lowest BCUT2D eigenvalue weighted by Gasteiger charge is -2.28. The van der Waals surface area contributed by atoms with Gasteiger partial charge in [0, 0.05) is 40.5 Å². The van der Waals surface area contributed by atoms with Crippen molar-refractivity contribution in [2.75, 3.05) is 6.54 Å². The fourth-order valence-corrected chi connectivity index (χ4v) is 3.02. The monoisotopic (exact) mass is 381 g/mol. The Morgan fingerprint density at radius 1 is 1.40 bits per heavy atom. The molecule has 0 aliphatic carbocycles. The Morgan fingerprint density at radius 2 is 2.25 bits per heavy atom. The molecule has 20 heavy (non-hydrogen) atoms. The summed E-state index contributed by atoms with van der Waals surface area (Å²) in [5, 5.41) is 4.26. The van der Waals surface area contributed by atoms with Crippen LogP contribution < -0.4 is 0 Å². The summed E-state index contributed by atoms with van der Waals surface area (Å²) >= 11 is 2.25. The van der Waals surface area contributed by atoms with E-state index in [2.05, 4.69) is 46.7 Å². The van der Waals surface area contributed by atoms with Crippen molar-refractivity contribution in [3.05, 3.63) is 50.9 Å². The van der Waals surface area contributed by atoms with Crippen LogP contribution in [-0.2, 0) is 19.5 Å². The van der Waals surface area contributed by atoms with E-state index in [0.717, 1.165) is 39.8 Å². The molecule has 0 saturated carbocycles. The third-order valence-corrected chi connectivity index (χ3v) is 4.30. The number of fused-ring (bicyclic) bond motifs is 1. The number of hydrogen-bond acceptors (Lipinski definition) is 2. The Labute approximate surface area is 131 Å². The summed E-state index contributed by atoms with van der Waals surface area (Å²) in [6.45, 7) is 4.34. The zero-order chi connectivity index (χ0) is 14.1. The Balaban J connectivity index is 1.81. The van der Waals surface area contributed by atoms with Gasteiger partial charge in [-0.1, -0.05) is 6.07 Å². The molecule has 2 heterocycles. The van der Waals surface area contributed by atoms with Crippen LogP contribution in [0.3, 0.4) is 0 Å². The molecule has 0 fully saturated rings. The molecule has 1 aromatic heterocycles. The Kier molecular flexibility index (Phi) is 3.78. The molecule has 1 aliphatic heterocycles. The Morgan fingerprint density at radius 3 is 3.00 bits per heavy atom. The van der Waals surface area contributed by atoms with E-state index in [-0.39, 0.29) is 5.91 Å². The summed E-state index contributed by atoms with van der Waals surface area (Å²) in [6, 6.07) is 6.12. The van der Waals surface area contributed by atoms with Gasteiger partial charge in [-0.2, -0.15) is 5.10 Å². The second kappa shape index (κ2) is 5.55. The SMILES string of the molecule is CCn1cc(CN2CCc3ccc(I)cc3C2=O)cn1. The lowest BCUT2D eigenvalue weighted by Crippen LogP contribution is -2.37. The van der Waals surface area contributed by atoms with Crippen LogP contribution in [0.5, 0.6) is 0 Å². The number of nitrogens with zero attached hydrogens (tertiary/aromatic N) is 3. The smallest absolute Gasteiger partial charge is 0.254 e. The zero-order valence-electron chi connectivity index (χ0n) is 11.3. The summed E-state index contributed by atoms with van der Waals surface area (Å²) in [4.78, 5) is 14.5. The van der Waals surface area contributed by atoms with Crippen LogP contribution >= 0.6 is 22.6 Å². The van der Waals surface area contributed by atoms with Crippen LogP contribution in [0.25, 0.3) is 0 Å². The highest BCUT2D eigenvalue weighted by Crippen LogP contribution is 2.22. The van der Waals surface area contributed by atoms with Gasteiger partial charge in [-0.05, 0) is 53.6 Å². The average Bonchev–Trinajstić information content (AvgIpc) is 2.90.